The highest BCUT2D eigenvalue weighted by Gasteiger charge is 2.20. The Labute approximate surface area is 66.1 Å². The van der Waals surface area contributed by atoms with Crippen LogP contribution in [0.25, 0.3) is 0 Å². The lowest BCUT2D eigenvalue weighted by Crippen LogP contribution is -2.28. The van der Waals surface area contributed by atoms with Gasteiger partial charge in [-0.1, -0.05) is 0 Å². The molecule has 0 aromatic rings. The van der Waals surface area contributed by atoms with Gasteiger partial charge >= 0.3 is 0 Å². The molecule has 0 radical (unpaired) electrons. The summed E-state index contributed by atoms with van der Waals surface area (Å²) in [7, 11) is -3.09. The van der Waals surface area contributed by atoms with Gasteiger partial charge < -0.3 is 9.90 Å². The van der Waals surface area contributed by atoms with Crippen LogP contribution >= 0.6 is 0 Å². The molecule has 0 aromatic carbocycles. The molecule has 1 N–H and O–H groups in total. The van der Waals surface area contributed by atoms with Crippen molar-refractivity contribution in [3.05, 3.63) is 0 Å². The molecule has 0 aliphatic rings. The quantitative estimate of drug-likeness (QED) is 0.585. The van der Waals surface area contributed by atoms with Crippen molar-refractivity contribution in [2.45, 2.75) is 18.9 Å². The van der Waals surface area contributed by atoms with Crippen LogP contribution in [-0.4, -0.2) is 37.4 Å². The molecular formula is C6H12O4S. The molecule has 1 atom stereocenters. The van der Waals surface area contributed by atoms with Crippen molar-refractivity contribution in [2.75, 3.05) is 12.0 Å². The molecule has 0 spiro atoms. The third-order valence-corrected chi connectivity index (χ3v) is 2.18. The van der Waals surface area contributed by atoms with Gasteiger partial charge in [0.15, 0.2) is 6.29 Å². The molecule has 66 valence electrons. The number of sulfone groups is 1. The molecule has 0 heterocycles. The Morgan fingerprint density at radius 2 is 2.00 bits per heavy atom. The summed E-state index contributed by atoms with van der Waals surface area (Å²) >= 11 is 0. The van der Waals surface area contributed by atoms with E-state index in [0.717, 1.165) is 6.26 Å². The number of carbonyl (C=O) groups is 1. The minimum Gasteiger partial charge on any atom is -0.383 e. The molecule has 5 heteroatoms. The third kappa shape index (κ3) is 6.00. The van der Waals surface area contributed by atoms with Crippen LogP contribution in [0, 0.1) is 0 Å². The zero-order valence-corrected chi connectivity index (χ0v) is 7.39. The Balaban J connectivity index is 4.00. The third-order valence-electron chi connectivity index (χ3n) is 1.23. The van der Waals surface area contributed by atoms with Crippen LogP contribution in [-0.2, 0) is 14.6 Å². The summed E-state index contributed by atoms with van der Waals surface area (Å²) in [6.07, 6.45) is 1.36. The van der Waals surface area contributed by atoms with E-state index in [4.69, 9.17) is 5.11 Å². The van der Waals surface area contributed by atoms with Crippen LogP contribution in [0.1, 0.15) is 13.3 Å². The van der Waals surface area contributed by atoms with Gasteiger partial charge in [-0.05, 0) is 13.3 Å². The highest BCUT2D eigenvalue weighted by molar-refractivity contribution is 7.90. The van der Waals surface area contributed by atoms with E-state index < -0.39 is 15.4 Å². The molecule has 0 aliphatic heterocycles. The van der Waals surface area contributed by atoms with E-state index in [9.17, 15) is 13.2 Å². The summed E-state index contributed by atoms with van der Waals surface area (Å²) in [6, 6.07) is 0. The molecule has 0 rings (SSSR count). The van der Waals surface area contributed by atoms with E-state index in [1.165, 1.54) is 6.92 Å². The van der Waals surface area contributed by atoms with Gasteiger partial charge in [0.2, 0.25) is 0 Å². The second kappa shape index (κ2) is 3.32. The highest BCUT2D eigenvalue weighted by atomic mass is 32.2. The number of aldehydes is 1. The minimum absolute atomic E-state index is 0.0463. The van der Waals surface area contributed by atoms with E-state index in [0.29, 0.717) is 6.29 Å². The molecule has 0 fully saturated rings. The Morgan fingerprint density at radius 1 is 1.55 bits per heavy atom. The van der Waals surface area contributed by atoms with Crippen molar-refractivity contribution in [2.24, 2.45) is 0 Å². The lowest BCUT2D eigenvalue weighted by Gasteiger charge is -2.13. The molecule has 1 unspecified atom stereocenters. The highest BCUT2D eigenvalue weighted by Crippen LogP contribution is 2.06. The van der Waals surface area contributed by atoms with Crippen LogP contribution in [0.5, 0.6) is 0 Å². The largest absolute Gasteiger partial charge is 0.383 e. The predicted molar refractivity (Wildman–Crippen MR) is 41.0 cm³/mol. The van der Waals surface area contributed by atoms with Crippen LogP contribution in [0.2, 0.25) is 0 Å². The van der Waals surface area contributed by atoms with Crippen molar-refractivity contribution < 1.29 is 18.3 Å². The van der Waals surface area contributed by atoms with Gasteiger partial charge in [0, 0.05) is 6.26 Å². The SMILES string of the molecule is CC(O)(C=O)CCS(C)(=O)=O. The topological polar surface area (TPSA) is 71.4 Å². The van der Waals surface area contributed by atoms with Gasteiger partial charge in [-0.2, -0.15) is 0 Å². The standard InChI is InChI=1S/C6H12O4S/c1-6(8,5-7)3-4-11(2,9)10/h5,8H,3-4H2,1-2H3. The Morgan fingerprint density at radius 3 is 2.27 bits per heavy atom. The number of hydrogen-bond donors (Lipinski definition) is 1. The molecule has 0 aromatic heterocycles. The molecule has 0 amide bonds. The fraction of sp³-hybridized carbons (Fsp3) is 0.833. The lowest BCUT2D eigenvalue weighted by molar-refractivity contribution is -0.122. The summed E-state index contributed by atoms with van der Waals surface area (Å²) < 4.78 is 21.1. The molecule has 0 aliphatic carbocycles. The van der Waals surface area contributed by atoms with Gasteiger partial charge in [-0.3, -0.25) is 0 Å². The predicted octanol–water partition coefficient (Wildman–Crippen LogP) is -0.629. The first-order valence-corrected chi connectivity index (χ1v) is 5.19. The first kappa shape index (κ1) is 10.6. The van der Waals surface area contributed by atoms with E-state index in [1.54, 1.807) is 0 Å². The molecular weight excluding hydrogens is 168 g/mol. The maximum Gasteiger partial charge on any atom is 0.151 e. The zero-order valence-electron chi connectivity index (χ0n) is 6.57. The Bertz CT molecular complexity index is 227. The number of aliphatic hydroxyl groups is 1. The number of carbonyl (C=O) groups excluding carboxylic acids is 1. The summed E-state index contributed by atoms with van der Waals surface area (Å²) in [6.45, 7) is 1.28. The van der Waals surface area contributed by atoms with Crippen LogP contribution in [0.3, 0.4) is 0 Å². The molecule has 0 bridgehead atoms. The fourth-order valence-electron chi connectivity index (χ4n) is 0.451. The molecule has 0 saturated carbocycles. The van der Waals surface area contributed by atoms with Gasteiger partial charge in [-0.15, -0.1) is 0 Å². The van der Waals surface area contributed by atoms with Crippen LogP contribution < -0.4 is 0 Å². The maximum atomic E-state index is 10.6. The van der Waals surface area contributed by atoms with Gasteiger partial charge in [0.1, 0.15) is 15.4 Å². The maximum absolute atomic E-state index is 10.6. The van der Waals surface area contributed by atoms with Crippen molar-refractivity contribution in [3.8, 4) is 0 Å². The van der Waals surface area contributed by atoms with E-state index in [1.807, 2.05) is 0 Å². The normalized spacial score (nSPS) is 17.4. The molecule has 0 saturated heterocycles. The Hall–Kier alpha value is -0.420. The van der Waals surface area contributed by atoms with E-state index in [2.05, 4.69) is 0 Å². The first-order valence-electron chi connectivity index (χ1n) is 3.13. The van der Waals surface area contributed by atoms with E-state index in [-0.39, 0.29) is 12.2 Å². The van der Waals surface area contributed by atoms with Gasteiger partial charge in [0.25, 0.3) is 0 Å². The fourth-order valence-corrected chi connectivity index (χ4v) is 1.24. The van der Waals surface area contributed by atoms with E-state index >= 15 is 0 Å². The molecule has 11 heavy (non-hydrogen) atoms. The summed E-state index contributed by atoms with van der Waals surface area (Å²) in [5.74, 6) is -0.168. The summed E-state index contributed by atoms with van der Waals surface area (Å²) in [5, 5.41) is 9.05. The van der Waals surface area contributed by atoms with Crippen LogP contribution in [0.4, 0.5) is 0 Å². The summed E-state index contributed by atoms with van der Waals surface area (Å²) in [4.78, 5) is 10.1. The second-order valence-electron chi connectivity index (χ2n) is 2.85. The van der Waals surface area contributed by atoms with Crippen molar-refractivity contribution in [3.63, 3.8) is 0 Å². The number of rotatable bonds is 4. The second-order valence-corrected chi connectivity index (χ2v) is 5.11. The minimum atomic E-state index is -3.09. The monoisotopic (exact) mass is 180 g/mol. The zero-order chi connectivity index (χ0) is 9.12. The summed E-state index contributed by atoms with van der Waals surface area (Å²) in [5.41, 5.74) is -1.51. The number of hydrogen-bond acceptors (Lipinski definition) is 4. The molecule has 4 nitrogen and oxygen atoms in total. The smallest absolute Gasteiger partial charge is 0.151 e. The average Bonchev–Trinajstić information content (AvgIpc) is 1.83. The lowest BCUT2D eigenvalue weighted by atomic mass is 10.1. The van der Waals surface area contributed by atoms with Gasteiger partial charge in [0.05, 0.1) is 5.75 Å². The van der Waals surface area contributed by atoms with Crippen molar-refractivity contribution >= 4 is 16.1 Å². The average molecular weight is 180 g/mol. The van der Waals surface area contributed by atoms with Crippen LogP contribution in [0.15, 0.2) is 0 Å². The van der Waals surface area contributed by atoms with Gasteiger partial charge in [-0.25, -0.2) is 8.42 Å². The van der Waals surface area contributed by atoms with Crippen molar-refractivity contribution in [1.29, 1.82) is 0 Å². The first-order chi connectivity index (χ1) is 4.77. The van der Waals surface area contributed by atoms with Crippen molar-refractivity contribution in [1.82, 2.24) is 0 Å². The Kier molecular flexibility index (Phi) is 3.19.